The molecule has 25 heavy (non-hydrogen) atoms. The lowest BCUT2D eigenvalue weighted by molar-refractivity contribution is 0.171. The highest BCUT2D eigenvalue weighted by Gasteiger charge is 2.20. The molecule has 0 saturated heterocycles. The first-order valence-electron chi connectivity index (χ1n) is 7.65. The Kier molecular flexibility index (Phi) is 6.33. The van der Waals surface area contributed by atoms with Crippen LogP contribution in [0, 0.1) is 5.82 Å². The number of ether oxygens (including phenoxy) is 4. The van der Waals surface area contributed by atoms with Crippen molar-refractivity contribution in [2.24, 2.45) is 0 Å². The van der Waals surface area contributed by atoms with Gasteiger partial charge in [-0.2, -0.15) is 0 Å². The molecule has 5 nitrogen and oxygen atoms in total. The second-order valence-corrected chi connectivity index (χ2v) is 5.53. The molecule has 0 amide bonds. The first-order valence-corrected chi connectivity index (χ1v) is 7.65. The van der Waals surface area contributed by atoms with E-state index in [1.165, 1.54) is 13.2 Å². The van der Waals surface area contributed by atoms with Gasteiger partial charge in [-0.3, -0.25) is 0 Å². The molecule has 2 aromatic rings. The fourth-order valence-electron chi connectivity index (χ4n) is 2.63. The van der Waals surface area contributed by atoms with E-state index < -0.39 is 0 Å². The predicted octanol–water partition coefficient (Wildman–Crippen LogP) is 3.84. The molecular formula is C18H21ClFNO4. The summed E-state index contributed by atoms with van der Waals surface area (Å²) >= 11 is 0. The van der Waals surface area contributed by atoms with E-state index in [1.54, 1.807) is 13.2 Å². The number of rotatable bonds is 6. The van der Waals surface area contributed by atoms with Gasteiger partial charge in [0.15, 0.2) is 23.1 Å². The van der Waals surface area contributed by atoms with Crippen LogP contribution >= 0.6 is 12.4 Å². The van der Waals surface area contributed by atoms with Crippen LogP contribution in [0.25, 0.3) is 0 Å². The molecule has 0 spiro atoms. The molecule has 1 N–H and O–H groups in total. The summed E-state index contributed by atoms with van der Waals surface area (Å²) in [5, 5.41) is 3.36. The quantitative estimate of drug-likeness (QED) is 0.838. The summed E-state index contributed by atoms with van der Waals surface area (Å²) in [6.07, 6.45) is 0. The van der Waals surface area contributed by atoms with Crippen molar-refractivity contribution in [3.05, 3.63) is 47.3 Å². The highest BCUT2D eigenvalue weighted by Crippen LogP contribution is 2.41. The fourth-order valence-corrected chi connectivity index (χ4v) is 2.63. The Hall–Kier alpha value is -2.18. The smallest absolute Gasteiger partial charge is 0.231 e. The molecule has 0 aromatic heterocycles. The summed E-state index contributed by atoms with van der Waals surface area (Å²) < 4.78 is 34.9. The van der Waals surface area contributed by atoms with Gasteiger partial charge in [-0.1, -0.05) is 6.07 Å². The van der Waals surface area contributed by atoms with E-state index in [4.69, 9.17) is 18.9 Å². The molecular weight excluding hydrogens is 349 g/mol. The van der Waals surface area contributed by atoms with Gasteiger partial charge >= 0.3 is 0 Å². The minimum Gasteiger partial charge on any atom is -0.494 e. The lowest BCUT2D eigenvalue weighted by atomic mass is 10.1. The molecule has 0 bridgehead atoms. The summed E-state index contributed by atoms with van der Waals surface area (Å²) in [4.78, 5) is 0. The van der Waals surface area contributed by atoms with Crippen LogP contribution in [-0.2, 0) is 6.54 Å². The van der Waals surface area contributed by atoms with Crippen LogP contribution in [0.4, 0.5) is 4.39 Å². The van der Waals surface area contributed by atoms with Crippen LogP contribution in [-0.4, -0.2) is 21.0 Å². The molecule has 0 saturated carbocycles. The normalized spacial score (nSPS) is 13.1. The SMILES string of the molecule is COc1ccc(C(C)NCc2cc(OC)c3c(c2)OCO3)cc1F.Cl. The molecule has 1 aliphatic heterocycles. The maximum absolute atomic E-state index is 13.8. The number of benzene rings is 2. The van der Waals surface area contributed by atoms with E-state index in [1.807, 2.05) is 25.1 Å². The van der Waals surface area contributed by atoms with Gasteiger partial charge in [0.2, 0.25) is 12.5 Å². The summed E-state index contributed by atoms with van der Waals surface area (Å²) in [6.45, 7) is 2.76. The first-order chi connectivity index (χ1) is 11.6. The van der Waals surface area contributed by atoms with Crippen molar-refractivity contribution in [1.82, 2.24) is 5.32 Å². The molecule has 1 atom stereocenters. The van der Waals surface area contributed by atoms with Crippen LogP contribution in [0.5, 0.6) is 23.0 Å². The van der Waals surface area contributed by atoms with Gasteiger partial charge in [-0.05, 0) is 42.3 Å². The Balaban J connectivity index is 0.00000225. The van der Waals surface area contributed by atoms with Gasteiger partial charge in [-0.15, -0.1) is 12.4 Å². The Morgan fingerprint density at radius 2 is 1.88 bits per heavy atom. The number of hydrogen-bond donors (Lipinski definition) is 1. The van der Waals surface area contributed by atoms with Crippen molar-refractivity contribution in [3.63, 3.8) is 0 Å². The molecule has 136 valence electrons. The molecule has 0 aliphatic carbocycles. The molecule has 0 fully saturated rings. The highest BCUT2D eigenvalue weighted by molar-refractivity contribution is 5.85. The second kappa shape index (κ2) is 8.27. The highest BCUT2D eigenvalue weighted by atomic mass is 35.5. The average molecular weight is 370 g/mol. The van der Waals surface area contributed by atoms with Crippen LogP contribution in [0.2, 0.25) is 0 Å². The zero-order chi connectivity index (χ0) is 17.1. The molecule has 0 radical (unpaired) electrons. The standard InChI is InChI=1S/C18H20FNO4.ClH/c1-11(13-4-5-15(21-2)14(19)8-13)20-9-12-6-16(22-3)18-17(7-12)23-10-24-18;/h4-8,11,20H,9-10H2,1-3H3;1H. The fraction of sp³-hybridized carbons (Fsp3) is 0.333. The van der Waals surface area contributed by atoms with Gasteiger partial charge in [-0.25, -0.2) is 4.39 Å². The molecule has 1 unspecified atom stereocenters. The van der Waals surface area contributed by atoms with Crippen molar-refractivity contribution in [2.45, 2.75) is 19.5 Å². The third kappa shape index (κ3) is 4.08. The maximum Gasteiger partial charge on any atom is 0.231 e. The average Bonchev–Trinajstić information content (AvgIpc) is 3.07. The van der Waals surface area contributed by atoms with Crippen molar-refractivity contribution in [1.29, 1.82) is 0 Å². The van der Waals surface area contributed by atoms with Gasteiger partial charge < -0.3 is 24.3 Å². The number of fused-ring (bicyclic) bond motifs is 1. The van der Waals surface area contributed by atoms with E-state index in [-0.39, 0.29) is 36.8 Å². The lowest BCUT2D eigenvalue weighted by Crippen LogP contribution is -2.18. The Morgan fingerprint density at radius 1 is 1.12 bits per heavy atom. The van der Waals surface area contributed by atoms with Gasteiger partial charge in [0.05, 0.1) is 14.2 Å². The predicted molar refractivity (Wildman–Crippen MR) is 94.6 cm³/mol. The Labute approximate surface area is 152 Å². The molecule has 1 heterocycles. The first kappa shape index (κ1) is 19.1. The van der Waals surface area contributed by atoms with Crippen LogP contribution in [0.1, 0.15) is 24.1 Å². The minimum atomic E-state index is -0.367. The Morgan fingerprint density at radius 3 is 2.56 bits per heavy atom. The molecule has 1 aliphatic rings. The van der Waals surface area contributed by atoms with Crippen molar-refractivity contribution in [2.75, 3.05) is 21.0 Å². The summed E-state index contributed by atoms with van der Waals surface area (Å²) in [5.74, 6) is 1.82. The zero-order valence-electron chi connectivity index (χ0n) is 14.3. The van der Waals surface area contributed by atoms with E-state index in [0.29, 0.717) is 23.8 Å². The van der Waals surface area contributed by atoms with E-state index in [2.05, 4.69) is 5.32 Å². The van der Waals surface area contributed by atoms with Crippen LogP contribution < -0.4 is 24.3 Å². The Bertz CT molecular complexity index is 741. The van der Waals surface area contributed by atoms with E-state index in [0.717, 1.165) is 11.1 Å². The third-order valence-electron chi connectivity index (χ3n) is 4.01. The number of hydrogen-bond acceptors (Lipinski definition) is 5. The second-order valence-electron chi connectivity index (χ2n) is 5.53. The molecule has 3 rings (SSSR count). The van der Waals surface area contributed by atoms with Crippen LogP contribution in [0.3, 0.4) is 0 Å². The monoisotopic (exact) mass is 369 g/mol. The van der Waals surface area contributed by atoms with Crippen molar-refractivity contribution in [3.8, 4) is 23.0 Å². The van der Waals surface area contributed by atoms with Crippen molar-refractivity contribution >= 4 is 12.4 Å². The van der Waals surface area contributed by atoms with Gasteiger partial charge in [0, 0.05) is 12.6 Å². The molecule has 2 aromatic carbocycles. The van der Waals surface area contributed by atoms with E-state index in [9.17, 15) is 4.39 Å². The minimum absolute atomic E-state index is 0. The number of halogens is 2. The topological polar surface area (TPSA) is 49.0 Å². The number of methoxy groups -OCH3 is 2. The third-order valence-corrected chi connectivity index (χ3v) is 4.01. The number of nitrogens with one attached hydrogen (secondary N) is 1. The summed E-state index contributed by atoms with van der Waals surface area (Å²) in [6, 6.07) is 8.76. The largest absolute Gasteiger partial charge is 0.494 e. The maximum atomic E-state index is 13.8. The zero-order valence-corrected chi connectivity index (χ0v) is 15.1. The van der Waals surface area contributed by atoms with Crippen LogP contribution in [0.15, 0.2) is 30.3 Å². The summed E-state index contributed by atoms with van der Waals surface area (Å²) in [7, 11) is 3.05. The molecule has 7 heteroatoms. The van der Waals surface area contributed by atoms with E-state index >= 15 is 0 Å². The summed E-state index contributed by atoms with van der Waals surface area (Å²) in [5.41, 5.74) is 1.85. The van der Waals surface area contributed by atoms with Gasteiger partial charge in [0.1, 0.15) is 0 Å². The van der Waals surface area contributed by atoms with Gasteiger partial charge in [0.25, 0.3) is 0 Å². The lowest BCUT2D eigenvalue weighted by Gasteiger charge is -2.16. The van der Waals surface area contributed by atoms with Crippen molar-refractivity contribution < 1.29 is 23.3 Å².